The summed E-state index contributed by atoms with van der Waals surface area (Å²) >= 11 is 0. The van der Waals surface area contributed by atoms with Crippen LogP contribution in [0.4, 0.5) is 0 Å². The lowest BCUT2D eigenvalue weighted by molar-refractivity contribution is 0.150. The highest BCUT2D eigenvalue weighted by atomic mass is 31.2. The predicted molar refractivity (Wildman–Crippen MR) is 42.5 cm³/mol. The summed E-state index contributed by atoms with van der Waals surface area (Å²) in [5, 5.41) is 0. The number of phosphoric acid groups is 1. The molecule has 68 valence electrons. The van der Waals surface area contributed by atoms with Crippen LogP contribution < -0.4 is 0 Å². The Kier molecular flexibility index (Phi) is 5.78. The molecule has 5 heteroatoms. The second kappa shape index (κ2) is 5.72. The molecule has 4 nitrogen and oxygen atoms in total. The van der Waals surface area contributed by atoms with Crippen molar-refractivity contribution < 1.29 is 18.1 Å². The first-order chi connectivity index (χ1) is 5.18. The van der Waals surface area contributed by atoms with Gasteiger partial charge in [0.2, 0.25) is 0 Å². The summed E-state index contributed by atoms with van der Waals surface area (Å²) < 4.78 is 25.1. The number of rotatable bonds is 6. The molecule has 0 bridgehead atoms. The van der Waals surface area contributed by atoms with Gasteiger partial charge in [-0.1, -0.05) is 13.3 Å². The molecule has 0 aliphatic carbocycles. The van der Waals surface area contributed by atoms with Gasteiger partial charge in [0.1, 0.15) is 0 Å². The third-order valence-electron chi connectivity index (χ3n) is 1.19. The van der Waals surface area contributed by atoms with E-state index >= 15 is 0 Å². The highest BCUT2D eigenvalue weighted by Crippen LogP contribution is 2.47. The largest absolute Gasteiger partial charge is 0.474 e. The molecule has 0 rings (SSSR count). The monoisotopic (exact) mass is 182 g/mol. The zero-order valence-corrected chi connectivity index (χ0v) is 8.10. The van der Waals surface area contributed by atoms with Crippen molar-refractivity contribution >= 4 is 7.82 Å². The third-order valence-corrected chi connectivity index (χ3v) is 2.59. The standard InChI is InChI=1S/C6H15O4P/c1-4-5-6-10-11(7,8-2)9-3/h4-6H2,1-3H3. The van der Waals surface area contributed by atoms with E-state index in [2.05, 4.69) is 9.05 Å². The summed E-state index contributed by atoms with van der Waals surface area (Å²) in [7, 11) is -0.607. The molecule has 0 aliphatic rings. The van der Waals surface area contributed by atoms with Crippen LogP contribution in [0.3, 0.4) is 0 Å². The van der Waals surface area contributed by atoms with Crippen LogP contribution in [0.2, 0.25) is 0 Å². The Balaban J connectivity index is 3.61. The third kappa shape index (κ3) is 4.53. The van der Waals surface area contributed by atoms with Crippen LogP contribution in [0.25, 0.3) is 0 Å². The lowest BCUT2D eigenvalue weighted by atomic mass is 10.4. The van der Waals surface area contributed by atoms with Crippen molar-refractivity contribution in [2.75, 3.05) is 20.8 Å². The van der Waals surface area contributed by atoms with Crippen molar-refractivity contribution in [3.05, 3.63) is 0 Å². The van der Waals surface area contributed by atoms with Crippen molar-refractivity contribution in [3.63, 3.8) is 0 Å². The van der Waals surface area contributed by atoms with E-state index < -0.39 is 7.82 Å². The SMILES string of the molecule is CCCCOP(=O)(OC)OC. The quantitative estimate of drug-likeness (QED) is 0.466. The average molecular weight is 182 g/mol. The van der Waals surface area contributed by atoms with Gasteiger partial charge in [-0.15, -0.1) is 0 Å². The number of hydrogen-bond acceptors (Lipinski definition) is 4. The topological polar surface area (TPSA) is 44.8 Å². The van der Waals surface area contributed by atoms with Gasteiger partial charge < -0.3 is 0 Å². The van der Waals surface area contributed by atoms with E-state index in [1.54, 1.807) is 0 Å². The lowest BCUT2D eigenvalue weighted by Gasteiger charge is -2.12. The van der Waals surface area contributed by atoms with Gasteiger partial charge in [-0.05, 0) is 6.42 Å². The van der Waals surface area contributed by atoms with E-state index in [1.165, 1.54) is 14.2 Å². The molecule has 0 aromatic heterocycles. The summed E-state index contributed by atoms with van der Waals surface area (Å²) in [4.78, 5) is 0. The van der Waals surface area contributed by atoms with Gasteiger partial charge in [0.25, 0.3) is 0 Å². The number of hydrogen-bond donors (Lipinski definition) is 0. The first-order valence-corrected chi connectivity index (χ1v) is 5.00. The van der Waals surface area contributed by atoms with Gasteiger partial charge in [-0.25, -0.2) is 4.57 Å². The van der Waals surface area contributed by atoms with Crippen LogP contribution in [0.15, 0.2) is 0 Å². The maximum atomic E-state index is 11.2. The summed E-state index contributed by atoms with van der Waals surface area (Å²) in [5.41, 5.74) is 0. The highest BCUT2D eigenvalue weighted by molar-refractivity contribution is 7.48. The van der Waals surface area contributed by atoms with E-state index in [0.717, 1.165) is 12.8 Å². The maximum Gasteiger partial charge on any atom is 0.474 e. The van der Waals surface area contributed by atoms with Gasteiger partial charge in [-0.2, -0.15) is 0 Å². The lowest BCUT2D eigenvalue weighted by Crippen LogP contribution is -1.96. The molecular formula is C6H15O4P. The van der Waals surface area contributed by atoms with Crippen LogP contribution in [0.5, 0.6) is 0 Å². The van der Waals surface area contributed by atoms with Crippen molar-refractivity contribution in [1.29, 1.82) is 0 Å². The number of phosphoric ester groups is 1. The van der Waals surface area contributed by atoms with Crippen LogP contribution in [0.1, 0.15) is 19.8 Å². The van der Waals surface area contributed by atoms with E-state index in [-0.39, 0.29) is 0 Å². The molecule has 0 atom stereocenters. The average Bonchev–Trinajstić information content (AvgIpc) is 2.05. The second-order valence-corrected chi connectivity index (χ2v) is 3.88. The molecule has 11 heavy (non-hydrogen) atoms. The molecule has 0 fully saturated rings. The minimum absolute atomic E-state index is 0.412. The van der Waals surface area contributed by atoms with Gasteiger partial charge in [0, 0.05) is 14.2 Å². The molecule has 0 N–H and O–H groups in total. The van der Waals surface area contributed by atoms with Gasteiger partial charge >= 0.3 is 7.82 Å². The maximum absolute atomic E-state index is 11.2. The minimum Gasteiger partial charge on any atom is -0.290 e. The zero-order chi connectivity index (χ0) is 8.74. The Morgan fingerprint density at radius 3 is 2.18 bits per heavy atom. The summed E-state index contributed by atoms with van der Waals surface area (Å²) in [6.07, 6.45) is 1.85. The van der Waals surface area contributed by atoms with Crippen LogP contribution in [0, 0.1) is 0 Å². The molecule has 0 aliphatic heterocycles. The predicted octanol–water partition coefficient (Wildman–Crippen LogP) is 2.20. The van der Waals surface area contributed by atoms with Crippen LogP contribution in [-0.4, -0.2) is 20.8 Å². The number of unbranched alkanes of at least 4 members (excludes halogenated alkanes) is 1. The molecule has 0 saturated carbocycles. The molecular weight excluding hydrogens is 167 g/mol. The normalized spacial score (nSPS) is 11.9. The second-order valence-electron chi connectivity index (χ2n) is 2.00. The van der Waals surface area contributed by atoms with Gasteiger partial charge in [0.15, 0.2) is 0 Å². The first-order valence-electron chi connectivity index (χ1n) is 3.54. The molecule has 0 aromatic rings. The van der Waals surface area contributed by atoms with E-state index in [4.69, 9.17) is 4.52 Å². The van der Waals surface area contributed by atoms with Crippen molar-refractivity contribution in [2.24, 2.45) is 0 Å². The summed E-state index contributed by atoms with van der Waals surface area (Å²) in [6.45, 7) is 2.43. The fraction of sp³-hybridized carbons (Fsp3) is 1.00. The molecule has 0 aromatic carbocycles. The molecule has 0 unspecified atom stereocenters. The van der Waals surface area contributed by atoms with E-state index in [1.807, 2.05) is 6.92 Å². The van der Waals surface area contributed by atoms with Crippen molar-refractivity contribution in [3.8, 4) is 0 Å². The highest BCUT2D eigenvalue weighted by Gasteiger charge is 2.21. The Labute approximate surface area is 67.5 Å². The van der Waals surface area contributed by atoms with Crippen molar-refractivity contribution in [1.82, 2.24) is 0 Å². The molecule has 0 amide bonds. The summed E-state index contributed by atoms with van der Waals surface area (Å²) in [6, 6.07) is 0. The first kappa shape index (κ1) is 11.1. The van der Waals surface area contributed by atoms with Crippen molar-refractivity contribution in [2.45, 2.75) is 19.8 Å². The van der Waals surface area contributed by atoms with E-state index in [0.29, 0.717) is 6.61 Å². The molecule has 0 spiro atoms. The van der Waals surface area contributed by atoms with Gasteiger partial charge in [0.05, 0.1) is 6.61 Å². The molecule has 0 heterocycles. The van der Waals surface area contributed by atoms with Crippen LogP contribution in [-0.2, 0) is 18.1 Å². The Hall–Kier alpha value is 0.110. The zero-order valence-electron chi connectivity index (χ0n) is 7.20. The Morgan fingerprint density at radius 1 is 1.27 bits per heavy atom. The van der Waals surface area contributed by atoms with E-state index in [9.17, 15) is 4.57 Å². The minimum atomic E-state index is -3.21. The van der Waals surface area contributed by atoms with Crippen LogP contribution >= 0.6 is 7.82 Å². The Morgan fingerprint density at radius 2 is 1.82 bits per heavy atom. The van der Waals surface area contributed by atoms with Gasteiger partial charge in [-0.3, -0.25) is 13.6 Å². The Bertz CT molecular complexity index is 129. The molecule has 0 saturated heterocycles. The smallest absolute Gasteiger partial charge is 0.290 e. The fourth-order valence-corrected chi connectivity index (χ4v) is 1.21. The summed E-state index contributed by atoms with van der Waals surface area (Å²) in [5.74, 6) is 0. The fourth-order valence-electron chi connectivity index (χ4n) is 0.501. The molecule has 0 radical (unpaired) electrons.